The molecule has 0 saturated carbocycles. The van der Waals surface area contributed by atoms with Gasteiger partial charge in [0.1, 0.15) is 5.75 Å². The molecule has 0 radical (unpaired) electrons. The minimum absolute atomic E-state index is 0.331. The van der Waals surface area contributed by atoms with E-state index in [4.69, 9.17) is 15.2 Å². The molecule has 5 heteroatoms. The largest absolute Gasteiger partial charge is 0.494 e. The molecular formula is C18H22N2O3. The molecule has 5 nitrogen and oxygen atoms in total. The van der Waals surface area contributed by atoms with E-state index < -0.39 is 0 Å². The van der Waals surface area contributed by atoms with Crippen molar-refractivity contribution in [1.29, 1.82) is 0 Å². The van der Waals surface area contributed by atoms with Crippen LogP contribution < -0.4 is 15.4 Å². The lowest BCUT2D eigenvalue weighted by Gasteiger charge is -2.23. The van der Waals surface area contributed by atoms with E-state index in [-0.39, 0.29) is 5.97 Å². The molecular weight excluding hydrogens is 292 g/mol. The molecule has 2 aromatic rings. The monoisotopic (exact) mass is 314 g/mol. The zero-order valence-electron chi connectivity index (χ0n) is 13.7. The molecule has 0 saturated heterocycles. The first kappa shape index (κ1) is 16.8. The van der Waals surface area contributed by atoms with Gasteiger partial charge in [-0.25, -0.2) is 4.79 Å². The number of para-hydroxylation sites is 1. The number of methoxy groups -OCH3 is 2. The van der Waals surface area contributed by atoms with E-state index in [0.29, 0.717) is 18.7 Å². The first-order valence-electron chi connectivity index (χ1n) is 7.35. The van der Waals surface area contributed by atoms with E-state index in [1.54, 1.807) is 19.2 Å². The molecule has 0 spiro atoms. The molecule has 2 rings (SSSR count). The average molecular weight is 314 g/mol. The lowest BCUT2D eigenvalue weighted by Crippen LogP contribution is -2.18. The van der Waals surface area contributed by atoms with Gasteiger partial charge in [-0.15, -0.1) is 0 Å². The Bertz CT molecular complexity index is 668. The molecule has 0 aliphatic carbocycles. The van der Waals surface area contributed by atoms with E-state index >= 15 is 0 Å². The lowest BCUT2D eigenvalue weighted by molar-refractivity contribution is 0.0600. The van der Waals surface area contributed by atoms with Crippen LogP contribution in [0.3, 0.4) is 0 Å². The summed E-state index contributed by atoms with van der Waals surface area (Å²) in [6.07, 6.45) is 0. The minimum Gasteiger partial charge on any atom is -0.494 e. The van der Waals surface area contributed by atoms with Gasteiger partial charge in [-0.1, -0.05) is 24.3 Å². The van der Waals surface area contributed by atoms with Crippen molar-refractivity contribution in [2.75, 3.05) is 26.2 Å². The maximum atomic E-state index is 11.5. The van der Waals surface area contributed by atoms with Crippen molar-refractivity contribution in [3.8, 4) is 5.75 Å². The van der Waals surface area contributed by atoms with Gasteiger partial charge in [-0.2, -0.15) is 0 Å². The topological polar surface area (TPSA) is 64.8 Å². The second-order valence-electron chi connectivity index (χ2n) is 5.22. The van der Waals surface area contributed by atoms with Gasteiger partial charge in [0.05, 0.1) is 25.5 Å². The van der Waals surface area contributed by atoms with Gasteiger partial charge in [-0.3, -0.25) is 0 Å². The predicted molar refractivity (Wildman–Crippen MR) is 90.8 cm³/mol. The highest BCUT2D eigenvalue weighted by Gasteiger charge is 2.12. The number of rotatable bonds is 6. The Balaban J connectivity index is 2.19. The Hall–Kier alpha value is -2.53. The van der Waals surface area contributed by atoms with Crippen molar-refractivity contribution in [3.63, 3.8) is 0 Å². The second kappa shape index (κ2) is 7.65. The zero-order chi connectivity index (χ0) is 16.8. The fourth-order valence-electron chi connectivity index (χ4n) is 2.49. The van der Waals surface area contributed by atoms with E-state index in [2.05, 4.69) is 4.90 Å². The maximum Gasteiger partial charge on any atom is 0.337 e. The van der Waals surface area contributed by atoms with Crippen LogP contribution >= 0.6 is 0 Å². The molecule has 0 atom stereocenters. The Labute approximate surface area is 136 Å². The van der Waals surface area contributed by atoms with Crippen LogP contribution in [0.1, 0.15) is 21.5 Å². The zero-order valence-corrected chi connectivity index (χ0v) is 13.7. The number of carbonyl (C=O) groups is 1. The number of carbonyl (C=O) groups excluding carboxylic acids is 1. The molecule has 0 aromatic heterocycles. The summed E-state index contributed by atoms with van der Waals surface area (Å²) < 4.78 is 10.2. The minimum atomic E-state index is -0.331. The first-order chi connectivity index (χ1) is 11.1. The van der Waals surface area contributed by atoms with Crippen LogP contribution in [0.25, 0.3) is 0 Å². The first-order valence-corrected chi connectivity index (χ1v) is 7.35. The Morgan fingerprint density at radius 2 is 1.83 bits per heavy atom. The van der Waals surface area contributed by atoms with Crippen molar-refractivity contribution in [3.05, 3.63) is 59.2 Å². The number of esters is 1. The highest BCUT2D eigenvalue weighted by atomic mass is 16.5. The average Bonchev–Trinajstić information content (AvgIpc) is 2.60. The van der Waals surface area contributed by atoms with Crippen LogP contribution in [-0.2, 0) is 17.8 Å². The Morgan fingerprint density at radius 3 is 2.39 bits per heavy atom. The molecule has 2 aromatic carbocycles. The van der Waals surface area contributed by atoms with Gasteiger partial charge >= 0.3 is 5.97 Å². The van der Waals surface area contributed by atoms with Gasteiger partial charge < -0.3 is 20.1 Å². The summed E-state index contributed by atoms with van der Waals surface area (Å²) in [5.74, 6) is 0.464. The van der Waals surface area contributed by atoms with Crippen LogP contribution in [0.2, 0.25) is 0 Å². The molecule has 2 N–H and O–H groups in total. The third-order valence-electron chi connectivity index (χ3n) is 3.71. The summed E-state index contributed by atoms with van der Waals surface area (Å²) in [7, 11) is 5.02. The van der Waals surface area contributed by atoms with E-state index in [9.17, 15) is 4.79 Å². The van der Waals surface area contributed by atoms with E-state index in [1.165, 1.54) is 7.11 Å². The molecule has 0 fully saturated rings. The molecule has 0 amide bonds. The van der Waals surface area contributed by atoms with Crippen LogP contribution in [0.4, 0.5) is 5.69 Å². The third-order valence-corrected chi connectivity index (χ3v) is 3.71. The number of ether oxygens (including phenoxy) is 2. The number of hydrogen-bond acceptors (Lipinski definition) is 5. The number of benzene rings is 2. The standard InChI is InChI=1S/C18H22N2O3/c1-20(16-6-4-5-15(11-19)17(16)22-2)12-13-7-9-14(10-8-13)18(21)23-3/h4-10H,11-12,19H2,1-3H3. The fraction of sp³-hybridized carbons (Fsp3) is 0.278. The number of nitrogens with two attached hydrogens (primary N) is 1. The molecule has 0 unspecified atom stereocenters. The molecule has 0 bridgehead atoms. The van der Waals surface area contributed by atoms with Crippen LogP contribution in [0.15, 0.2) is 42.5 Å². The number of hydrogen-bond donors (Lipinski definition) is 1. The van der Waals surface area contributed by atoms with Gasteiger partial charge in [0.25, 0.3) is 0 Å². The second-order valence-corrected chi connectivity index (χ2v) is 5.22. The summed E-state index contributed by atoms with van der Waals surface area (Å²) >= 11 is 0. The highest BCUT2D eigenvalue weighted by Crippen LogP contribution is 2.31. The Kier molecular flexibility index (Phi) is 5.60. The molecule has 23 heavy (non-hydrogen) atoms. The predicted octanol–water partition coefficient (Wildman–Crippen LogP) is 2.58. The van der Waals surface area contributed by atoms with E-state index in [1.807, 2.05) is 37.4 Å². The number of anilines is 1. The van der Waals surface area contributed by atoms with Crippen molar-refractivity contribution >= 4 is 11.7 Å². The maximum absolute atomic E-state index is 11.5. The van der Waals surface area contributed by atoms with Crippen LogP contribution in [0, 0.1) is 0 Å². The molecule has 122 valence electrons. The third kappa shape index (κ3) is 3.81. The van der Waals surface area contributed by atoms with Crippen molar-refractivity contribution in [2.24, 2.45) is 5.73 Å². The smallest absolute Gasteiger partial charge is 0.337 e. The summed E-state index contributed by atoms with van der Waals surface area (Å²) in [6, 6.07) is 13.3. The SMILES string of the molecule is COC(=O)c1ccc(CN(C)c2cccc(CN)c2OC)cc1. The quantitative estimate of drug-likeness (QED) is 0.830. The fourth-order valence-corrected chi connectivity index (χ4v) is 2.49. The van der Waals surface area contributed by atoms with Crippen LogP contribution in [-0.4, -0.2) is 27.2 Å². The normalized spacial score (nSPS) is 10.3. The van der Waals surface area contributed by atoms with Crippen LogP contribution in [0.5, 0.6) is 5.75 Å². The van der Waals surface area contributed by atoms with Gasteiger partial charge in [-0.05, 0) is 23.8 Å². The van der Waals surface area contributed by atoms with Gasteiger partial charge in [0, 0.05) is 25.7 Å². The van der Waals surface area contributed by atoms with Crippen molar-refractivity contribution in [2.45, 2.75) is 13.1 Å². The summed E-state index contributed by atoms with van der Waals surface area (Å²) in [5, 5.41) is 0. The summed E-state index contributed by atoms with van der Waals surface area (Å²) in [5.41, 5.74) is 9.34. The van der Waals surface area contributed by atoms with Gasteiger partial charge in [0.2, 0.25) is 0 Å². The van der Waals surface area contributed by atoms with Crippen molar-refractivity contribution in [1.82, 2.24) is 0 Å². The molecule has 0 aliphatic heterocycles. The Morgan fingerprint density at radius 1 is 1.13 bits per heavy atom. The highest BCUT2D eigenvalue weighted by molar-refractivity contribution is 5.89. The molecule has 0 heterocycles. The molecule has 0 aliphatic rings. The summed E-state index contributed by atoms with van der Waals surface area (Å²) in [4.78, 5) is 13.5. The summed E-state index contributed by atoms with van der Waals surface area (Å²) in [6.45, 7) is 1.12. The van der Waals surface area contributed by atoms with Crippen molar-refractivity contribution < 1.29 is 14.3 Å². The van der Waals surface area contributed by atoms with E-state index in [0.717, 1.165) is 22.6 Å². The lowest BCUT2D eigenvalue weighted by atomic mass is 10.1. The van der Waals surface area contributed by atoms with Gasteiger partial charge in [0.15, 0.2) is 0 Å². The number of nitrogens with zero attached hydrogens (tertiary/aromatic N) is 1.